The molecule has 0 fully saturated rings. The summed E-state index contributed by atoms with van der Waals surface area (Å²) in [6, 6.07) is 14.7. The fourth-order valence-electron chi connectivity index (χ4n) is 4.74. The first-order valence-corrected chi connectivity index (χ1v) is 9.79. The second-order valence-corrected chi connectivity index (χ2v) is 8.29. The van der Waals surface area contributed by atoms with Crippen LogP contribution in [0.3, 0.4) is 0 Å². The predicted molar refractivity (Wildman–Crippen MR) is 111 cm³/mol. The van der Waals surface area contributed by atoms with Gasteiger partial charge in [0.1, 0.15) is 0 Å². The zero-order valence-electron chi connectivity index (χ0n) is 14.9. The first kappa shape index (κ1) is 16.3. The minimum Gasteiger partial charge on any atom is -0.347 e. The van der Waals surface area contributed by atoms with Crippen LogP contribution in [0.5, 0.6) is 0 Å². The zero-order valence-corrected chi connectivity index (χ0v) is 16.4. The summed E-state index contributed by atoms with van der Waals surface area (Å²) in [7, 11) is 4.34. The van der Waals surface area contributed by atoms with E-state index in [1.165, 1.54) is 45.2 Å². The van der Waals surface area contributed by atoms with Gasteiger partial charge in [-0.3, -0.25) is 0 Å². The molecule has 0 saturated heterocycles. The van der Waals surface area contributed by atoms with Crippen molar-refractivity contribution in [1.82, 2.24) is 9.13 Å². The fourth-order valence-corrected chi connectivity index (χ4v) is 5.09. The van der Waals surface area contributed by atoms with Gasteiger partial charge < -0.3 is 9.13 Å². The van der Waals surface area contributed by atoms with E-state index in [1.54, 1.807) is 0 Å². The van der Waals surface area contributed by atoms with E-state index >= 15 is 0 Å². The summed E-state index contributed by atoms with van der Waals surface area (Å²) in [6.45, 7) is 0. The van der Waals surface area contributed by atoms with E-state index in [2.05, 4.69) is 53.6 Å². The Kier molecular flexibility index (Phi) is 3.63. The molecule has 0 spiro atoms. The third-order valence-corrected chi connectivity index (χ3v) is 6.51. The maximum Gasteiger partial charge on any atom is 0.0483 e. The molecule has 2 nitrogen and oxygen atoms in total. The van der Waals surface area contributed by atoms with Gasteiger partial charge in [0.15, 0.2) is 0 Å². The molecule has 132 valence electrons. The van der Waals surface area contributed by atoms with Crippen molar-refractivity contribution in [3.05, 3.63) is 69.5 Å². The third kappa shape index (κ3) is 2.32. The highest BCUT2D eigenvalue weighted by Crippen LogP contribution is 2.40. The molecule has 1 atom stereocenters. The lowest BCUT2D eigenvalue weighted by molar-refractivity contribution is 0.544. The van der Waals surface area contributed by atoms with Crippen molar-refractivity contribution in [2.45, 2.75) is 25.2 Å². The lowest BCUT2D eigenvalue weighted by atomic mass is 9.84. The third-order valence-electron chi connectivity index (χ3n) is 6.04. The van der Waals surface area contributed by atoms with Crippen LogP contribution in [0, 0.1) is 0 Å². The number of halogens is 2. The van der Waals surface area contributed by atoms with Gasteiger partial charge in [0.2, 0.25) is 0 Å². The summed E-state index contributed by atoms with van der Waals surface area (Å²) in [5, 5.41) is 4.14. The van der Waals surface area contributed by atoms with Crippen LogP contribution in [-0.4, -0.2) is 9.13 Å². The van der Waals surface area contributed by atoms with Gasteiger partial charge in [-0.1, -0.05) is 23.2 Å². The Morgan fingerprint density at radius 1 is 0.885 bits per heavy atom. The maximum absolute atomic E-state index is 6.29. The lowest BCUT2D eigenvalue weighted by Gasteiger charge is -2.24. The Bertz CT molecular complexity index is 1170. The number of rotatable bonds is 1. The summed E-state index contributed by atoms with van der Waals surface area (Å²) in [5.74, 6) is 0.517. The van der Waals surface area contributed by atoms with Crippen LogP contribution < -0.4 is 0 Å². The van der Waals surface area contributed by atoms with Crippen LogP contribution in [-0.2, 0) is 26.9 Å². The van der Waals surface area contributed by atoms with Crippen molar-refractivity contribution < 1.29 is 0 Å². The number of fused-ring (bicyclic) bond motifs is 4. The number of nitrogens with zero attached hydrogens (tertiary/aromatic N) is 2. The molecule has 0 amide bonds. The molecule has 4 aromatic rings. The Morgan fingerprint density at radius 2 is 1.62 bits per heavy atom. The fraction of sp³-hybridized carbons (Fsp3) is 0.273. The second kappa shape index (κ2) is 5.80. The Morgan fingerprint density at radius 3 is 2.42 bits per heavy atom. The average Bonchev–Trinajstić information content (AvgIpc) is 3.09. The molecule has 0 bridgehead atoms. The molecule has 4 heteroatoms. The van der Waals surface area contributed by atoms with E-state index in [-0.39, 0.29) is 0 Å². The largest absolute Gasteiger partial charge is 0.347 e. The molecule has 2 aromatic heterocycles. The summed E-state index contributed by atoms with van der Waals surface area (Å²) < 4.78 is 4.68. The molecule has 0 saturated carbocycles. The molecule has 1 aliphatic carbocycles. The van der Waals surface area contributed by atoms with Crippen LogP contribution >= 0.6 is 23.2 Å². The van der Waals surface area contributed by atoms with E-state index in [9.17, 15) is 0 Å². The molecule has 0 aliphatic heterocycles. The molecule has 0 radical (unpaired) electrons. The van der Waals surface area contributed by atoms with E-state index in [0.717, 1.165) is 22.9 Å². The van der Waals surface area contributed by atoms with Gasteiger partial charge in [0, 0.05) is 63.3 Å². The van der Waals surface area contributed by atoms with Crippen LogP contribution in [0.2, 0.25) is 10.0 Å². The minimum atomic E-state index is 0.517. The summed E-state index contributed by atoms with van der Waals surface area (Å²) in [4.78, 5) is 0. The molecule has 1 unspecified atom stereocenters. The number of hydrogen-bond acceptors (Lipinski definition) is 0. The van der Waals surface area contributed by atoms with Crippen molar-refractivity contribution in [1.29, 1.82) is 0 Å². The molecule has 1 aliphatic rings. The lowest BCUT2D eigenvalue weighted by Crippen LogP contribution is -2.16. The normalized spacial score (nSPS) is 17.2. The van der Waals surface area contributed by atoms with E-state index in [1.807, 2.05) is 12.1 Å². The highest BCUT2D eigenvalue weighted by molar-refractivity contribution is 6.31. The van der Waals surface area contributed by atoms with Crippen molar-refractivity contribution in [3.63, 3.8) is 0 Å². The molecular weight excluding hydrogens is 363 g/mol. The predicted octanol–water partition coefficient (Wildman–Crippen LogP) is 6.25. The number of aromatic nitrogens is 2. The van der Waals surface area contributed by atoms with E-state index in [4.69, 9.17) is 23.2 Å². The maximum atomic E-state index is 6.29. The van der Waals surface area contributed by atoms with Gasteiger partial charge in [-0.2, -0.15) is 0 Å². The number of benzene rings is 2. The van der Waals surface area contributed by atoms with Crippen molar-refractivity contribution in [2.24, 2.45) is 14.1 Å². The van der Waals surface area contributed by atoms with Gasteiger partial charge in [-0.05, 0) is 67.3 Å². The zero-order chi connectivity index (χ0) is 18.0. The minimum absolute atomic E-state index is 0.517. The Hall–Kier alpha value is -1.90. The van der Waals surface area contributed by atoms with Crippen molar-refractivity contribution in [3.8, 4) is 0 Å². The second-order valence-electron chi connectivity index (χ2n) is 7.42. The monoisotopic (exact) mass is 382 g/mol. The SMILES string of the molecule is Cn1c(C2CCc3c(c4cc(Cl)ccc4n3C)C2)cc2cc(Cl)ccc21. The quantitative estimate of drug-likeness (QED) is 0.368. The first-order chi connectivity index (χ1) is 12.5. The van der Waals surface area contributed by atoms with Crippen molar-refractivity contribution in [2.75, 3.05) is 0 Å². The van der Waals surface area contributed by atoms with Gasteiger partial charge in [-0.25, -0.2) is 0 Å². The van der Waals surface area contributed by atoms with Gasteiger partial charge in [0.05, 0.1) is 0 Å². The number of hydrogen-bond donors (Lipinski definition) is 0. The van der Waals surface area contributed by atoms with Crippen LogP contribution in [0.1, 0.15) is 29.3 Å². The van der Waals surface area contributed by atoms with Gasteiger partial charge in [-0.15, -0.1) is 0 Å². The highest BCUT2D eigenvalue weighted by atomic mass is 35.5. The molecule has 5 rings (SSSR count). The van der Waals surface area contributed by atoms with E-state index in [0.29, 0.717) is 5.92 Å². The molecule has 2 aromatic carbocycles. The first-order valence-electron chi connectivity index (χ1n) is 9.03. The van der Waals surface area contributed by atoms with Crippen LogP contribution in [0.4, 0.5) is 0 Å². The molecule has 0 N–H and O–H groups in total. The van der Waals surface area contributed by atoms with Crippen LogP contribution in [0.15, 0.2) is 42.5 Å². The van der Waals surface area contributed by atoms with Gasteiger partial charge in [0.25, 0.3) is 0 Å². The topological polar surface area (TPSA) is 9.86 Å². The summed E-state index contributed by atoms with van der Waals surface area (Å²) in [6.07, 6.45) is 3.33. The smallest absolute Gasteiger partial charge is 0.0483 e. The molecule has 26 heavy (non-hydrogen) atoms. The van der Waals surface area contributed by atoms with Crippen molar-refractivity contribution >= 4 is 45.0 Å². The standard InChI is InChI=1S/C22H20Cl2N2/c1-25-19-7-4-15(23)9-14(19)11-22(25)13-3-6-20-17(10-13)18-12-16(24)5-8-21(18)26(20)2/h4-5,7-9,11-13H,3,6,10H2,1-2H3. The molecular formula is C22H20Cl2N2. The average molecular weight is 383 g/mol. The Labute approximate surface area is 162 Å². The highest BCUT2D eigenvalue weighted by Gasteiger charge is 2.27. The summed E-state index contributed by atoms with van der Waals surface area (Å²) >= 11 is 12.5. The summed E-state index contributed by atoms with van der Waals surface area (Å²) in [5.41, 5.74) is 6.84. The van der Waals surface area contributed by atoms with Crippen LogP contribution in [0.25, 0.3) is 21.8 Å². The Balaban J connectivity index is 1.63. The number of aryl methyl sites for hydroxylation is 2. The van der Waals surface area contributed by atoms with Gasteiger partial charge >= 0.3 is 0 Å². The molecule has 2 heterocycles. The van der Waals surface area contributed by atoms with E-state index < -0.39 is 0 Å².